The zero-order chi connectivity index (χ0) is 33.5. The number of anilines is 2. The Balaban J connectivity index is 1.37. The smallest absolute Gasteiger partial charge is 0.319 e. The fraction of sp³-hybridized carbons (Fsp3) is 0.469. The number of thiophene rings is 1. The van der Waals surface area contributed by atoms with Gasteiger partial charge in [0.05, 0.1) is 58.6 Å². The van der Waals surface area contributed by atoms with Crippen molar-refractivity contribution in [1.82, 2.24) is 14.9 Å². The van der Waals surface area contributed by atoms with E-state index in [1.165, 1.54) is 11.0 Å². The molecule has 252 valence electrons. The van der Waals surface area contributed by atoms with Crippen LogP contribution in [0.1, 0.15) is 24.8 Å². The van der Waals surface area contributed by atoms with Crippen molar-refractivity contribution in [3.8, 4) is 29.0 Å². The summed E-state index contributed by atoms with van der Waals surface area (Å²) >= 11 is 7.81. The number of ether oxygens (including phenoxy) is 3. The summed E-state index contributed by atoms with van der Waals surface area (Å²) in [6.45, 7) is 0.552. The summed E-state index contributed by atoms with van der Waals surface area (Å²) in [7, 11) is 0. The van der Waals surface area contributed by atoms with Gasteiger partial charge in [-0.25, -0.2) is 22.0 Å². The maximum Gasteiger partial charge on any atom is 0.319 e. The van der Waals surface area contributed by atoms with Gasteiger partial charge in [0.25, 0.3) is 6.43 Å². The topological polar surface area (TPSA) is 110 Å². The summed E-state index contributed by atoms with van der Waals surface area (Å²) in [4.78, 5) is 12.4. The molecule has 2 aromatic heterocycles. The maximum atomic E-state index is 17.1. The second kappa shape index (κ2) is 11.7. The molecule has 4 aromatic rings. The highest BCUT2D eigenvalue weighted by atomic mass is 35.5. The van der Waals surface area contributed by atoms with Crippen molar-refractivity contribution in [2.75, 3.05) is 56.7 Å². The lowest BCUT2D eigenvalue weighted by atomic mass is 9.95. The molecule has 16 heteroatoms. The summed E-state index contributed by atoms with van der Waals surface area (Å²) in [6.07, 6.45) is -2.03. The molecule has 3 saturated heterocycles. The lowest BCUT2D eigenvalue weighted by Crippen LogP contribution is -2.46. The average Bonchev–Trinajstić information content (AvgIpc) is 3.81. The van der Waals surface area contributed by atoms with E-state index in [9.17, 15) is 22.8 Å². The van der Waals surface area contributed by atoms with Crippen LogP contribution in [0.4, 0.5) is 32.8 Å². The van der Waals surface area contributed by atoms with E-state index in [0.717, 1.165) is 23.8 Å². The molecule has 0 spiro atoms. The monoisotopic (exact) mass is 706 g/mol. The highest BCUT2D eigenvalue weighted by Crippen LogP contribution is 2.51. The quantitative estimate of drug-likeness (QED) is 0.230. The molecule has 0 aliphatic carbocycles. The Labute approximate surface area is 279 Å². The van der Waals surface area contributed by atoms with Gasteiger partial charge >= 0.3 is 6.01 Å². The Morgan fingerprint density at radius 1 is 1.21 bits per heavy atom. The lowest BCUT2D eigenvalue weighted by molar-refractivity contribution is 0.107. The van der Waals surface area contributed by atoms with Crippen molar-refractivity contribution < 1.29 is 36.2 Å². The van der Waals surface area contributed by atoms with E-state index in [1.807, 2.05) is 11.0 Å². The third kappa shape index (κ3) is 4.82. The first-order valence-electron chi connectivity index (χ1n) is 15.5. The maximum absolute atomic E-state index is 17.1. The Morgan fingerprint density at radius 3 is 2.83 bits per heavy atom. The van der Waals surface area contributed by atoms with Crippen LogP contribution in [0.2, 0.25) is 5.02 Å². The Bertz CT molecular complexity index is 2010. The van der Waals surface area contributed by atoms with E-state index < -0.39 is 42.4 Å². The van der Waals surface area contributed by atoms with Crippen LogP contribution >= 0.6 is 22.9 Å². The molecule has 4 aliphatic rings. The number of benzene rings is 2. The molecule has 4 aliphatic heterocycles. The van der Waals surface area contributed by atoms with E-state index in [4.69, 9.17) is 31.5 Å². The van der Waals surface area contributed by atoms with Crippen LogP contribution in [-0.4, -0.2) is 85.1 Å². The molecule has 2 unspecified atom stereocenters. The first kappa shape index (κ1) is 31.6. The van der Waals surface area contributed by atoms with Crippen LogP contribution in [0.25, 0.3) is 32.1 Å². The Hall–Kier alpha value is -3.71. The van der Waals surface area contributed by atoms with Gasteiger partial charge in [0.15, 0.2) is 11.6 Å². The number of nitrogens with two attached hydrogens (primary N) is 1. The molecule has 4 atom stereocenters. The number of nitriles is 1. The average molecular weight is 707 g/mol. The third-order valence-corrected chi connectivity index (χ3v) is 11.4. The number of nitrogen functional groups attached to an aromatic ring is 1. The molecule has 0 radical (unpaired) electrons. The van der Waals surface area contributed by atoms with E-state index in [0.29, 0.717) is 13.0 Å². The van der Waals surface area contributed by atoms with E-state index >= 15 is 4.39 Å². The first-order valence-corrected chi connectivity index (χ1v) is 16.7. The molecule has 2 N–H and O–H groups in total. The standard InChI is InChI=1S/C32H28ClF5N6O3S/c33-24-22(16-2-3-18(35)28-21(16)17(7-39)29(40)48-28)25(38)26-23-27(24)46-11-14-10-45-12-19(14)44(9-20(36)37)30(23)42-31(41-26)47-13-32-4-1-5-43(32)8-15(34)6-32/h2-3,14-15,19-20H,1,4-6,8-13,40H2/t14?,15-,19?,32+/m1/s1. The zero-order valence-electron chi connectivity index (χ0n) is 25.2. The number of fused-ring (bicyclic) bond motifs is 3. The number of halogens is 6. The highest BCUT2D eigenvalue weighted by molar-refractivity contribution is 7.23. The zero-order valence-corrected chi connectivity index (χ0v) is 26.8. The van der Waals surface area contributed by atoms with Gasteiger partial charge < -0.3 is 24.8 Å². The predicted molar refractivity (Wildman–Crippen MR) is 170 cm³/mol. The van der Waals surface area contributed by atoms with E-state index in [1.54, 1.807) is 0 Å². The van der Waals surface area contributed by atoms with Gasteiger partial charge in [-0.05, 0) is 31.0 Å². The van der Waals surface area contributed by atoms with Gasteiger partial charge in [-0.15, -0.1) is 11.3 Å². The van der Waals surface area contributed by atoms with Crippen LogP contribution in [-0.2, 0) is 4.74 Å². The molecule has 6 heterocycles. The summed E-state index contributed by atoms with van der Waals surface area (Å²) in [6, 6.07) is 3.51. The van der Waals surface area contributed by atoms with E-state index in [2.05, 4.69) is 9.97 Å². The molecule has 2 aromatic carbocycles. The predicted octanol–water partition coefficient (Wildman–Crippen LogP) is 6.33. The van der Waals surface area contributed by atoms with Crippen LogP contribution < -0.4 is 20.1 Å². The van der Waals surface area contributed by atoms with Crippen molar-refractivity contribution in [2.45, 2.75) is 43.4 Å². The number of hydrogen-bond acceptors (Lipinski definition) is 10. The van der Waals surface area contributed by atoms with Gasteiger partial charge in [-0.1, -0.05) is 17.7 Å². The molecule has 0 amide bonds. The summed E-state index contributed by atoms with van der Waals surface area (Å²) in [5, 5.41) is 9.73. The first-order chi connectivity index (χ1) is 23.1. The normalized spacial score (nSPS) is 25.3. The van der Waals surface area contributed by atoms with Gasteiger partial charge in [-0.2, -0.15) is 15.2 Å². The second-order valence-corrected chi connectivity index (χ2v) is 14.2. The molecular weight excluding hydrogens is 679 g/mol. The van der Waals surface area contributed by atoms with Crippen molar-refractivity contribution in [3.05, 3.63) is 34.4 Å². The molecule has 8 rings (SSSR count). The number of alkyl halides is 3. The largest absolute Gasteiger partial charge is 0.491 e. The minimum atomic E-state index is -2.80. The van der Waals surface area contributed by atoms with Gasteiger partial charge in [0.2, 0.25) is 0 Å². The van der Waals surface area contributed by atoms with Crippen molar-refractivity contribution in [3.63, 3.8) is 0 Å². The van der Waals surface area contributed by atoms with Crippen LogP contribution in [0.3, 0.4) is 0 Å². The van der Waals surface area contributed by atoms with Crippen molar-refractivity contribution in [2.24, 2.45) is 5.92 Å². The highest BCUT2D eigenvalue weighted by Gasteiger charge is 2.49. The second-order valence-electron chi connectivity index (χ2n) is 12.7. The molecule has 48 heavy (non-hydrogen) atoms. The summed E-state index contributed by atoms with van der Waals surface area (Å²) in [5.74, 6) is -2.16. The van der Waals surface area contributed by atoms with Crippen molar-refractivity contribution >= 4 is 54.7 Å². The molecule has 9 nitrogen and oxygen atoms in total. The van der Waals surface area contributed by atoms with Crippen molar-refractivity contribution in [1.29, 1.82) is 5.26 Å². The summed E-state index contributed by atoms with van der Waals surface area (Å²) < 4.78 is 93.1. The number of nitrogens with zero attached hydrogens (tertiary/aromatic N) is 5. The van der Waals surface area contributed by atoms with Crippen LogP contribution in [0, 0.1) is 28.9 Å². The third-order valence-electron chi connectivity index (χ3n) is 9.99. The van der Waals surface area contributed by atoms with E-state index in [-0.39, 0.29) is 111 Å². The van der Waals surface area contributed by atoms with Gasteiger partial charge in [0.1, 0.15) is 41.0 Å². The van der Waals surface area contributed by atoms with Crippen LogP contribution in [0.5, 0.6) is 11.8 Å². The number of aromatic nitrogens is 2. The Kier molecular flexibility index (Phi) is 7.70. The molecule has 0 bridgehead atoms. The van der Waals surface area contributed by atoms with Gasteiger partial charge in [0, 0.05) is 29.8 Å². The lowest BCUT2D eigenvalue weighted by Gasteiger charge is -2.36. The SMILES string of the molecule is N#Cc1c(N)sc2c(F)ccc(-c3c(Cl)c4c5c(nc(OC[C@@]67CCCN6C[C@H](F)C7)nc5c3F)N(CC(F)F)C3COCC3CO4)c12. The molecule has 0 saturated carbocycles. The fourth-order valence-corrected chi connectivity index (χ4v) is 9.13. The fourth-order valence-electron chi connectivity index (χ4n) is 7.84. The Morgan fingerprint density at radius 2 is 2.04 bits per heavy atom. The minimum Gasteiger partial charge on any atom is -0.491 e. The minimum absolute atomic E-state index is 0.00157. The number of hydrogen-bond donors (Lipinski definition) is 1. The molecule has 3 fully saturated rings. The molecular formula is C32H28ClF5N6O3S. The summed E-state index contributed by atoms with van der Waals surface area (Å²) in [5.41, 5.74) is 4.90. The van der Waals surface area contributed by atoms with Gasteiger partial charge in [-0.3, -0.25) is 4.90 Å². The van der Waals surface area contributed by atoms with Crippen LogP contribution in [0.15, 0.2) is 12.1 Å². The number of rotatable bonds is 6.